The second kappa shape index (κ2) is 6.92. The molecule has 6 heteroatoms. The molecule has 0 spiro atoms. The molecule has 1 fully saturated rings. The number of urea groups is 1. The molecule has 0 aliphatic carbocycles. The summed E-state index contributed by atoms with van der Waals surface area (Å²) >= 11 is 0. The minimum Gasteiger partial charge on any atom is -0.481 e. The highest BCUT2D eigenvalue weighted by Crippen LogP contribution is 2.22. The third kappa shape index (κ3) is 6.23. The van der Waals surface area contributed by atoms with Gasteiger partial charge in [0.2, 0.25) is 0 Å². The van der Waals surface area contributed by atoms with Crippen molar-refractivity contribution >= 4 is 12.0 Å². The minimum atomic E-state index is -0.894. The molecule has 1 rings (SSSR count). The molecule has 1 aliphatic heterocycles. The first-order chi connectivity index (χ1) is 9.17. The largest absolute Gasteiger partial charge is 0.481 e. The van der Waals surface area contributed by atoms with Crippen LogP contribution in [0.15, 0.2) is 0 Å². The van der Waals surface area contributed by atoms with Gasteiger partial charge in [-0.25, -0.2) is 4.79 Å². The monoisotopic (exact) mass is 286 g/mol. The third-order valence-electron chi connectivity index (χ3n) is 3.14. The number of amides is 2. The summed E-state index contributed by atoms with van der Waals surface area (Å²) in [6.45, 7) is 9.63. The maximum Gasteiger partial charge on any atom is 0.317 e. The standard InChI is InChI=1S/C14H26N2O4/c1-10-9-16(5-6-20-10)13(19)15-11(7-12(17)18)8-14(2,3)4/h10-11H,5-9H2,1-4H3,(H,15,19)(H,17,18). The van der Waals surface area contributed by atoms with Crippen molar-refractivity contribution in [3.63, 3.8) is 0 Å². The normalized spacial score (nSPS) is 21.4. The van der Waals surface area contributed by atoms with Crippen molar-refractivity contribution < 1.29 is 19.4 Å². The van der Waals surface area contributed by atoms with Crippen LogP contribution in [0.2, 0.25) is 0 Å². The molecule has 2 atom stereocenters. The van der Waals surface area contributed by atoms with Crippen LogP contribution in [0.25, 0.3) is 0 Å². The number of aliphatic carboxylic acids is 1. The van der Waals surface area contributed by atoms with Crippen LogP contribution >= 0.6 is 0 Å². The van der Waals surface area contributed by atoms with Crippen LogP contribution in [0.4, 0.5) is 4.79 Å². The number of carbonyl (C=O) groups excluding carboxylic acids is 1. The van der Waals surface area contributed by atoms with Crippen LogP contribution in [-0.4, -0.2) is 53.8 Å². The van der Waals surface area contributed by atoms with Gasteiger partial charge in [0.15, 0.2) is 0 Å². The van der Waals surface area contributed by atoms with E-state index in [4.69, 9.17) is 9.84 Å². The molecule has 2 unspecified atom stereocenters. The van der Waals surface area contributed by atoms with Crippen LogP contribution in [0.1, 0.15) is 40.5 Å². The summed E-state index contributed by atoms with van der Waals surface area (Å²) in [5.41, 5.74) is -0.0360. The van der Waals surface area contributed by atoms with Crippen molar-refractivity contribution in [1.82, 2.24) is 10.2 Å². The number of morpholine rings is 1. The quantitative estimate of drug-likeness (QED) is 0.824. The van der Waals surface area contributed by atoms with Gasteiger partial charge in [-0.2, -0.15) is 0 Å². The van der Waals surface area contributed by atoms with E-state index in [1.165, 1.54) is 0 Å². The van der Waals surface area contributed by atoms with Crippen molar-refractivity contribution in [2.45, 2.75) is 52.7 Å². The maximum atomic E-state index is 12.2. The van der Waals surface area contributed by atoms with E-state index < -0.39 is 5.97 Å². The summed E-state index contributed by atoms with van der Waals surface area (Å²) in [6, 6.07) is -0.547. The van der Waals surface area contributed by atoms with Crippen LogP contribution in [-0.2, 0) is 9.53 Å². The topological polar surface area (TPSA) is 78.9 Å². The van der Waals surface area contributed by atoms with Gasteiger partial charge in [0.25, 0.3) is 0 Å². The summed E-state index contributed by atoms with van der Waals surface area (Å²) < 4.78 is 5.39. The Morgan fingerprint density at radius 2 is 2.10 bits per heavy atom. The summed E-state index contributed by atoms with van der Waals surface area (Å²) in [6.07, 6.45) is 0.600. The average molecular weight is 286 g/mol. The second-order valence-electron chi connectivity index (χ2n) is 6.64. The number of carbonyl (C=O) groups is 2. The molecule has 116 valence electrons. The Kier molecular flexibility index (Phi) is 5.80. The van der Waals surface area contributed by atoms with Crippen molar-refractivity contribution in [1.29, 1.82) is 0 Å². The van der Waals surface area contributed by atoms with Gasteiger partial charge >= 0.3 is 12.0 Å². The van der Waals surface area contributed by atoms with Crippen LogP contribution < -0.4 is 5.32 Å². The highest BCUT2D eigenvalue weighted by atomic mass is 16.5. The van der Waals surface area contributed by atoms with Crippen LogP contribution in [0.3, 0.4) is 0 Å². The summed E-state index contributed by atoms with van der Waals surface area (Å²) in [5.74, 6) is -0.894. The van der Waals surface area contributed by atoms with E-state index in [0.717, 1.165) is 0 Å². The Balaban J connectivity index is 2.58. The highest BCUT2D eigenvalue weighted by molar-refractivity contribution is 5.76. The number of hydrogen-bond donors (Lipinski definition) is 2. The number of carboxylic acids is 1. The smallest absolute Gasteiger partial charge is 0.317 e. The lowest BCUT2D eigenvalue weighted by atomic mass is 9.87. The molecule has 0 radical (unpaired) electrons. The molecule has 1 heterocycles. The highest BCUT2D eigenvalue weighted by Gasteiger charge is 2.26. The average Bonchev–Trinajstić information content (AvgIpc) is 2.25. The zero-order valence-corrected chi connectivity index (χ0v) is 12.8. The van der Waals surface area contributed by atoms with E-state index in [2.05, 4.69) is 5.32 Å². The Hall–Kier alpha value is -1.30. The molecule has 0 aromatic rings. The van der Waals surface area contributed by atoms with Crippen molar-refractivity contribution in [3.05, 3.63) is 0 Å². The molecule has 0 aromatic heterocycles. The van der Waals surface area contributed by atoms with Crippen LogP contribution in [0.5, 0.6) is 0 Å². The molecule has 0 bridgehead atoms. The summed E-state index contributed by atoms with van der Waals surface area (Å²) in [7, 11) is 0. The van der Waals surface area contributed by atoms with E-state index >= 15 is 0 Å². The SMILES string of the molecule is CC1CN(C(=O)NC(CC(=O)O)CC(C)(C)C)CCO1. The summed E-state index contributed by atoms with van der Waals surface area (Å²) in [5, 5.41) is 11.8. The zero-order chi connectivity index (χ0) is 15.3. The van der Waals surface area contributed by atoms with Gasteiger partial charge in [-0.1, -0.05) is 20.8 Å². The lowest BCUT2D eigenvalue weighted by Gasteiger charge is -2.33. The molecule has 0 aromatic carbocycles. The first-order valence-electron chi connectivity index (χ1n) is 7.06. The number of carboxylic acid groups (broad SMARTS) is 1. The van der Waals surface area contributed by atoms with Crippen molar-refractivity contribution in [2.75, 3.05) is 19.7 Å². The molecule has 1 saturated heterocycles. The van der Waals surface area contributed by atoms with E-state index in [0.29, 0.717) is 26.1 Å². The maximum absolute atomic E-state index is 12.2. The zero-order valence-electron chi connectivity index (χ0n) is 12.8. The molecule has 6 nitrogen and oxygen atoms in total. The number of hydrogen-bond acceptors (Lipinski definition) is 3. The molecular weight excluding hydrogens is 260 g/mol. The Morgan fingerprint density at radius 1 is 1.45 bits per heavy atom. The van der Waals surface area contributed by atoms with E-state index in [1.54, 1.807) is 4.90 Å². The molecule has 2 N–H and O–H groups in total. The minimum absolute atomic E-state index is 0.0232. The van der Waals surface area contributed by atoms with Crippen molar-refractivity contribution in [3.8, 4) is 0 Å². The third-order valence-corrected chi connectivity index (χ3v) is 3.14. The van der Waals surface area contributed by atoms with Gasteiger partial charge in [-0.15, -0.1) is 0 Å². The first kappa shape index (κ1) is 16.8. The van der Waals surface area contributed by atoms with E-state index in [9.17, 15) is 9.59 Å². The Labute approximate surface area is 120 Å². The molecule has 0 saturated carbocycles. The molecule has 20 heavy (non-hydrogen) atoms. The van der Waals surface area contributed by atoms with Gasteiger partial charge in [0.1, 0.15) is 0 Å². The van der Waals surface area contributed by atoms with Crippen LogP contribution in [0, 0.1) is 5.41 Å². The summed E-state index contributed by atoms with van der Waals surface area (Å²) in [4.78, 5) is 24.8. The second-order valence-corrected chi connectivity index (χ2v) is 6.64. The number of rotatable bonds is 4. The van der Waals surface area contributed by atoms with Gasteiger partial charge < -0.3 is 20.1 Å². The first-order valence-corrected chi connectivity index (χ1v) is 7.06. The molecule has 2 amide bonds. The van der Waals surface area contributed by atoms with Gasteiger partial charge in [-0.05, 0) is 18.8 Å². The molecule has 1 aliphatic rings. The van der Waals surface area contributed by atoms with Gasteiger partial charge in [0, 0.05) is 19.1 Å². The van der Waals surface area contributed by atoms with Crippen molar-refractivity contribution in [2.24, 2.45) is 5.41 Å². The van der Waals surface area contributed by atoms with Gasteiger partial charge in [-0.3, -0.25) is 4.79 Å². The predicted octanol–water partition coefficient (Wildman–Crippen LogP) is 1.70. The Morgan fingerprint density at radius 3 is 2.60 bits per heavy atom. The fourth-order valence-electron chi connectivity index (χ4n) is 2.39. The van der Waals surface area contributed by atoms with Gasteiger partial charge in [0.05, 0.1) is 19.1 Å². The van der Waals surface area contributed by atoms with E-state index in [1.807, 2.05) is 27.7 Å². The predicted molar refractivity (Wildman–Crippen MR) is 75.6 cm³/mol. The fraction of sp³-hybridized carbons (Fsp3) is 0.857. The Bertz CT molecular complexity index is 352. The number of nitrogens with zero attached hydrogens (tertiary/aromatic N) is 1. The van der Waals surface area contributed by atoms with E-state index in [-0.39, 0.29) is 30.0 Å². The lowest BCUT2D eigenvalue weighted by molar-refractivity contribution is -0.137. The fourth-order valence-corrected chi connectivity index (χ4v) is 2.39. The molecular formula is C14H26N2O4. The number of nitrogens with one attached hydrogen (secondary N) is 1. The lowest BCUT2D eigenvalue weighted by Crippen LogP contribution is -2.52. The number of ether oxygens (including phenoxy) is 1.